The Hall–Kier alpha value is -1.05. The zero-order valence-electron chi connectivity index (χ0n) is 7.77. The topological polar surface area (TPSA) is 0 Å². The molecule has 15 heavy (non-hydrogen) atoms. The maximum absolute atomic E-state index is 2.24. The molecule has 0 aromatic heterocycles. The number of rotatable bonds is 0. The van der Waals surface area contributed by atoms with Gasteiger partial charge in [-0.25, -0.2) is 0 Å². The van der Waals surface area contributed by atoms with Crippen molar-refractivity contribution in [3.8, 4) is 0 Å². The standard InChI is InChI=1S/C14H10.Mg.2H/c1-2-6-12-10-14-8-4-3-7-13(14)9-11(12)5-1;;;/h1-10H;;;. The first-order chi connectivity index (χ1) is 6.93. The van der Waals surface area contributed by atoms with Crippen LogP contribution in [0.15, 0.2) is 60.7 Å². The average Bonchev–Trinajstić information content (AvgIpc) is 2.26. The minimum absolute atomic E-state index is 0. The molecule has 70 valence electrons. The Morgan fingerprint density at radius 3 is 1.00 bits per heavy atom. The molecular formula is C14H12Mg. The molecule has 0 N–H and O–H groups in total. The summed E-state index contributed by atoms with van der Waals surface area (Å²) in [5.41, 5.74) is 0. The minimum atomic E-state index is 0. The van der Waals surface area contributed by atoms with E-state index in [0.29, 0.717) is 0 Å². The lowest BCUT2D eigenvalue weighted by molar-refractivity contribution is 1.76. The summed E-state index contributed by atoms with van der Waals surface area (Å²) >= 11 is 0. The van der Waals surface area contributed by atoms with Crippen LogP contribution in [-0.2, 0) is 0 Å². The first kappa shape index (κ1) is 10.5. The van der Waals surface area contributed by atoms with Gasteiger partial charge in [-0.15, -0.1) is 0 Å². The summed E-state index contributed by atoms with van der Waals surface area (Å²) in [6.07, 6.45) is 0. The first-order valence-electron chi connectivity index (χ1n) is 4.81. The quantitative estimate of drug-likeness (QED) is 0.390. The molecule has 0 aliphatic rings. The number of hydrogen-bond donors (Lipinski definition) is 0. The molecule has 0 aliphatic carbocycles. The fourth-order valence-electron chi connectivity index (χ4n) is 1.88. The Kier molecular flexibility index (Phi) is 2.94. The number of hydrogen-bond acceptors (Lipinski definition) is 0. The monoisotopic (exact) mass is 204 g/mol. The van der Waals surface area contributed by atoms with E-state index >= 15 is 0 Å². The van der Waals surface area contributed by atoms with Crippen molar-refractivity contribution in [3.63, 3.8) is 0 Å². The van der Waals surface area contributed by atoms with Gasteiger partial charge in [0, 0.05) is 0 Å². The largest absolute Gasteiger partial charge is 0.316 e. The third-order valence-corrected chi connectivity index (χ3v) is 2.61. The summed E-state index contributed by atoms with van der Waals surface area (Å²) in [5.74, 6) is 0. The van der Waals surface area contributed by atoms with Gasteiger partial charge >= 0.3 is 23.1 Å². The van der Waals surface area contributed by atoms with E-state index < -0.39 is 0 Å². The van der Waals surface area contributed by atoms with Gasteiger partial charge in [-0.1, -0.05) is 48.5 Å². The molecule has 0 amide bonds. The van der Waals surface area contributed by atoms with Gasteiger partial charge in [0.15, 0.2) is 0 Å². The van der Waals surface area contributed by atoms with Gasteiger partial charge in [0.2, 0.25) is 0 Å². The third-order valence-electron chi connectivity index (χ3n) is 2.61. The van der Waals surface area contributed by atoms with Crippen LogP contribution in [0.1, 0.15) is 0 Å². The molecule has 3 aromatic carbocycles. The lowest BCUT2D eigenvalue weighted by Crippen LogP contribution is -1.74. The van der Waals surface area contributed by atoms with Crippen LogP contribution in [0, 0.1) is 0 Å². The highest BCUT2D eigenvalue weighted by Crippen LogP contribution is 2.21. The van der Waals surface area contributed by atoms with E-state index in [1.165, 1.54) is 21.5 Å². The number of benzene rings is 3. The van der Waals surface area contributed by atoms with Gasteiger partial charge in [0.05, 0.1) is 0 Å². The van der Waals surface area contributed by atoms with Crippen LogP contribution in [0.3, 0.4) is 0 Å². The van der Waals surface area contributed by atoms with Crippen LogP contribution in [0.2, 0.25) is 0 Å². The van der Waals surface area contributed by atoms with Gasteiger partial charge in [0.25, 0.3) is 0 Å². The molecule has 0 nitrogen and oxygen atoms in total. The fourth-order valence-corrected chi connectivity index (χ4v) is 1.88. The van der Waals surface area contributed by atoms with E-state index in [1.54, 1.807) is 0 Å². The van der Waals surface area contributed by atoms with E-state index in [2.05, 4.69) is 60.7 Å². The van der Waals surface area contributed by atoms with E-state index in [-0.39, 0.29) is 23.1 Å². The predicted molar refractivity (Wildman–Crippen MR) is 70.0 cm³/mol. The summed E-state index contributed by atoms with van der Waals surface area (Å²) in [5, 5.41) is 5.25. The Labute approximate surface area is 105 Å². The van der Waals surface area contributed by atoms with Gasteiger partial charge in [-0.2, -0.15) is 0 Å². The second-order valence-electron chi connectivity index (χ2n) is 3.55. The van der Waals surface area contributed by atoms with Gasteiger partial charge in [0.1, 0.15) is 0 Å². The van der Waals surface area contributed by atoms with Gasteiger partial charge in [-0.05, 0) is 33.7 Å². The smallest absolute Gasteiger partial charge is 0.0616 e. The van der Waals surface area contributed by atoms with E-state index in [4.69, 9.17) is 0 Å². The summed E-state index contributed by atoms with van der Waals surface area (Å²) < 4.78 is 0. The molecule has 0 saturated carbocycles. The van der Waals surface area contributed by atoms with Crippen molar-refractivity contribution in [2.24, 2.45) is 0 Å². The molecular weight excluding hydrogens is 192 g/mol. The average molecular weight is 205 g/mol. The summed E-state index contributed by atoms with van der Waals surface area (Å²) in [4.78, 5) is 0. The Balaban J connectivity index is 0.000000853. The Bertz CT molecular complexity index is 494. The van der Waals surface area contributed by atoms with Crippen LogP contribution in [0.4, 0.5) is 0 Å². The Morgan fingerprint density at radius 2 is 0.733 bits per heavy atom. The van der Waals surface area contributed by atoms with Crippen LogP contribution in [-0.4, -0.2) is 23.1 Å². The lowest BCUT2D eigenvalue weighted by atomic mass is 10.0. The van der Waals surface area contributed by atoms with Crippen LogP contribution < -0.4 is 0 Å². The predicted octanol–water partition coefficient (Wildman–Crippen LogP) is 3.08. The number of fused-ring (bicyclic) bond motifs is 2. The molecule has 0 radical (unpaired) electrons. The van der Waals surface area contributed by atoms with Crippen molar-refractivity contribution >= 4 is 44.6 Å². The van der Waals surface area contributed by atoms with Gasteiger partial charge in [-0.3, -0.25) is 0 Å². The van der Waals surface area contributed by atoms with Crippen molar-refractivity contribution in [2.75, 3.05) is 0 Å². The maximum atomic E-state index is 2.24. The van der Waals surface area contributed by atoms with Gasteiger partial charge < -0.3 is 0 Å². The van der Waals surface area contributed by atoms with Crippen molar-refractivity contribution in [1.29, 1.82) is 0 Å². The second-order valence-corrected chi connectivity index (χ2v) is 3.55. The molecule has 0 bridgehead atoms. The zero-order valence-corrected chi connectivity index (χ0v) is 7.77. The molecule has 3 rings (SSSR count). The second kappa shape index (κ2) is 4.21. The Morgan fingerprint density at radius 1 is 0.467 bits per heavy atom. The minimum Gasteiger partial charge on any atom is -0.0616 e. The first-order valence-corrected chi connectivity index (χ1v) is 4.81. The molecule has 0 atom stereocenters. The van der Waals surface area contributed by atoms with Crippen molar-refractivity contribution < 1.29 is 0 Å². The highest BCUT2D eigenvalue weighted by Gasteiger charge is 1.95. The zero-order chi connectivity index (χ0) is 9.38. The third kappa shape index (κ3) is 1.85. The molecule has 0 spiro atoms. The van der Waals surface area contributed by atoms with Crippen molar-refractivity contribution in [2.45, 2.75) is 0 Å². The highest BCUT2D eigenvalue weighted by atomic mass is 24.3. The van der Waals surface area contributed by atoms with Crippen LogP contribution in [0.25, 0.3) is 21.5 Å². The van der Waals surface area contributed by atoms with Crippen LogP contribution in [0.5, 0.6) is 0 Å². The fraction of sp³-hybridized carbons (Fsp3) is 0. The summed E-state index contributed by atoms with van der Waals surface area (Å²) in [6.45, 7) is 0. The SMILES string of the molecule is [MgH2].c1ccc2cc3ccccc3cc2c1. The maximum Gasteiger partial charge on any atom is 0.316 e. The van der Waals surface area contributed by atoms with Crippen LogP contribution >= 0.6 is 0 Å². The molecule has 0 unspecified atom stereocenters. The normalized spacial score (nSPS) is 10.1. The summed E-state index contributed by atoms with van der Waals surface area (Å²) in [7, 11) is 0. The van der Waals surface area contributed by atoms with Crippen molar-refractivity contribution in [3.05, 3.63) is 60.7 Å². The van der Waals surface area contributed by atoms with Crippen molar-refractivity contribution in [1.82, 2.24) is 0 Å². The molecule has 0 heterocycles. The molecule has 0 fully saturated rings. The molecule has 0 saturated heterocycles. The molecule has 1 heteroatoms. The molecule has 3 aromatic rings. The van der Waals surface area contributed by atoms with E-state index in [0.717, 1.165) is 0 Å². The lowest BCUT2D eigenvalue weighted by Gasteiger charge is -2.00. The molecule has 0 aliphatic heterocycles. The van der Waals surface area contributed by atoms with E-state index in [1.807, 2.05) is 0 Å². The summed E-state index contributed by atoms with van der Waals surface area (Å²) in [6, 6.07) is 21.4. The van der Waals surface area contributed by atoms with E-state index in [9.17, 15) is 0 Å². The highest BCUT2D eigenvalue weighted by molar-refractivity contribution is 5.98.